The molecule has 1 aromatic rings. The summed E-state index contributed by atoms with van der Waals surface area (Å²) in [6.45, 7) is 2.80. The number of amidine groups is 1. The number of nitrogens with two attached hydrogens (primary N) is 1. The zero-order valence-electron chi connectivity index (χ0n) is 12.1. The third-order valence-corrected chi connectivity index (χ3v) is 3.67. The normalized spacial score (nSPS) is 20.2. The van der Waals surface area contributed by atoms with Crippen molar-refractivity contribution in [3.8, 4) is 0 Å². The van der Waals surface area contributed by atoms with Crippen LogP contribution in [-0.2, 0) is 0 Å². The Morgan fingerprint density at radius 3 is 3.05 bits per heavy atom. The molecule has 0 aromatic carbocycles. The predicted molar refractivity (Wildman–Crippen MR) is 79.3 cm³/mol. The van der Waals surface area contributed by atoms with Gasteiger partial charge in [0.2, 0.25) is 0 Å². The summed E-state index contributed by atoms with van der Waals surface area (Å²) in [7, 11) is 2.10. The summed E-state index contributed by atoms with van der Waals surface area (Å²) in [5.74, 6) is 0.262. The van der Waals surface area contributed by atoms with Gasteiger partial charge in [-0.3, -0.25) is 9.78 Å². The third kappa shape index (κ3) is 4.16. The van der Waals surface area contributed by atoms with E-state index < -0.39 is 0 Å². The number of nitrogens with zero attached hydrogens (tertiary/aromatic N) is 3. The molecule has 0 saturated carbocycles. The highest BCUT2D eigenvalue weighted by Crippen LogP contribution is 2.14. The Bertz CT molecular complexity index is 515. The first-order valence-corrected chi connectivity index (χ1v) is 7.01. The van der Waals surface area contributed by atoms with Crippen LogP contribution in [0.2, 0.25) is 0 Å². The number of hydrogen-bond acceptors (Lipinski definition) is 5. The fourth-order valence-electron chi connectivity index (χ4n) is 2.50. The predicted octanol–water partition coefficient (Wildman–Crippen LogP) is 0.248. The summed E-state index contributed by atoms with van der Waals surface area (Å²) >= 11 is 0. The number of carbonyl (C=O) groups excluding carboxylic acids is 1. The minimum absolute atomic E-state index is 0.0281. The monoisotopic (exact) mass is 291 g/mol. The van der Waals surface area contributed by atoms with Gasteiger partial charge in [0.25, 0.3) is 5.91 Å². The van der Waals surface area contributed by atoms with Gasteiger partial charge in [0.1, 0.15) is 5.69 Å². The van der Waals surface area contributed by atoms with E-state index >= 15 is 0 Å². The second kappa shape index (κ2) is 7.03. The summed E-state index contributed by atoms with van der Waals surface area (Å²) in [6, 6.07) is 3.17. The fraction of sp³-hybridized carbons (Fsp3) is 0.500. The van der Waals surface area contributed by atoms with Crippen LogP contribution in [-0.4, -0.2) is 53.5 Å². The van der Waals surface area contributed by atoms with Crippen molar-refractivity contribution in [3.63, 3.8) is 0 Å². The molecule has 1 aliphatic heterocycles. The van der Waals surface area contributed by atoms with Crippen LogP contribution in [0.5, 0.6) is 0 Å². The van der Waals surface area contributed by atoms with Crippen molar-refractivity contribution in [1.82, 2.24) is 15.2 Å². The van der Waals surface area contributed by atoms with E-state index in [0.29, 0.717) is 23.7 Å². The summed E-state index contributed by atoms with van der Waals surface area (Å²) in [6.07, 6.45) is 3.72. The van der Waals surface area contributed by atoms with Gasteiger partial charge in [-0.15, -0.1) is 0 Å². The van der Waals surface area contributed by atoms with E-state index in [-0.39, 0.29) is 11.7 Å². The molecule has 21 heavy (non-hydrogen) atoms. The average Bonchev–Trinajstić information content (AvgIpc) is 2.52. The van der Waals surface area contributed by atoms with Crippen molar-refractivity contribution >= 4 is 11.7 Å². The molecule has 2 heterocycles. The molecule has 1 fully saturated rings. The van der Waals surface area contributed by atoms with Crippen LogP contribution in [0.25, 0.3) is 0 Å². The van der Waals surface area contributed by atoms with Gasteiger partial charge in [0.05, 0.1) is 0 Å². The molecule has 1 aliphatic rings. The Kier molecular flexibility index (Phi) is 5.10. The first-order valence-electron chi connectivity index (χ1n) is 7.01. The van der Waals surface area contributed by atoms with E-state index in [1.807, 2.05) is 0 Å². The molecule has 1 unspecified atom stereocenters. The van der Waals surface area contributed by atoms with Crippen LogP contribution in [0, 0.1) is 5.92 Å². The van der Waals surface area contributed by atoms with Crippen LogP contribution in [0.4, 0.5) is 0 Å². The maximum Gasteiger partial charge on any atom is 0.269 e. The molecule has 0 radical (unpaired) electrons. The summed E-state index contributed by atoms with van der Waals surface area (Å²) in [5, 5.41) is 14.4. The van der Waals surface area contributed by atoms with Crippen molar-refractivity contribution < 1.29 is 10.0 Å². The molecule has 4 N–H and O–H groups in total. The lowest BCUT2D eigenvalue weighted by molar-refractivity contribution is 0.0932. The molecule has 7 heteroatoms. The number of pyridine rings is 1. The van der Waals surface area contributed by atoms with Crippen molar-refractivity contribution in [2.24, 2.45) is 16.8 Å². The number of aromatic nitrogens is 1. The second-order valence-corrected chi connectivity index (χ2v) is 5.40. The Balaban J connectivity index is 1.88. The highest BCUT2D eigenvalue weighted by atomic mass is 16.4. The van der Waals surface area contributed by atoms with Gasteiger partial charge in [-0.2, -0.15) is 0 Å². The minimum atomic E-state index is -0.200. The van der Waals surface area contributed by atoms with E-state index in [4.69, 9.17) is 10.9 Å². The van der Waals surface area contributed by atoms with E-state index in [2.05, 4.69) is 27.4 Å². The molecule has 7 nitrogen and oxygen atoms in total. The van der Waals surface area contributed by atoms with Crippen molar-refractivity contribution in [3.05, 3.63) is 29.6 Å². The standard InChI is InChI=1S/C14H21N5O2/c1-19-6-2-3-10(9-19)7-17-14(20)12-5-4-11(8-16-12)13(15)18-21/h4-5,8,10,21H,2-3,6-7,9H2,1H3,(H2,15,18)(H,17,20). The Labute approximate surface area is 123 Å². The molecule has 1 aromatic heterocycles. The number of oxime groups is 1. The van der Waals surface area contributed by atoms with Crippen LogP contribution in [0.1, 0.15) is 28.9 Å². The van der Waals surface area contributed by atoms with Crippen LogP contribution in [0.3, 0.4) is 0 Å². The molecule has 1 amide bonds. The van der Waals surface area contributed by atoms with Crippen LogP contribution in [0.15, 0.2) is 23.5 Å². The summed E-state index contributed by atoms with van der Waals surface area (Å²) in [5.41, 5.74) is 6.25. The number of rotatable bonds is 4. The average molecular weight is 291 g/mol. The maximum atomic E-state index is 12.0. The van der Waals surface area contributed by atoms with Gasteiger partial charge in [-0.05, 0) is 44.5 Å². The molecular weight excluding hydrogens is 270 g/mol. The number of carbonyl (C=O) groups is 1. The SMILES string of the molecule is CN1CCCC(CNC(=O)c2ccc(C(N)=NO)cn2)C1. The molecule has 1 atom stereocenters. The Hall–Kier alpha value is -2.15. The largest absolute Gasteiger partial charge is 0.409 e. The van der Waals surface area contributed by atoms with E-state index in [0.717, 1.165) is 19.5 Å². The lowest BCUT2D eigenvalue weighted by atomic mass is 9.98. The fourth-order valence-corrected chi connectivity index (χ4v) is 2.50. The third-order valence-electron chi connectivity index (χ3n) is 3.67. The molecule has 1 saturated heterocycles. The smallest absolute Gasteiger partial charge is 0.269 e. The minimum Gasteiger partial charge on any atom is -0.409 e. The van der Waals surface area contributed by atoms with Gasteiger partial charge in [-0.25, -0.2) is 0 Å². The van der Waals surface area contributed by atoms with Gasteiger partial charge < -0.3 is 21.2 Å². The quantitative estimate of drug-likeness (QED) is 0.319. The summed E-state index contributed by atoms with van der Waals surface area (Å²) in [4.78, 5) is 18.3. The van der Waals surface area contributed by atoms with Gasteiger partial charge in [0, 0.05) is 24.8 Å². The number of likely N-dealkylation sites (tertiary alicyclic amines) is 1. The Morgan fingerprint density at radius 2 is 2.43 bits per heavy atom. The zero-order chi connectivity index (χ0) is 15.2. The molecular formula is C14H21N5O2. The first-order chi connectivity index (χ1) is 10.1. The second-order valence-electron chi connectivity index (χ2n) is 5.40. The first kappa shape index (κ1) is 15.2. The van der Waals surface area contributed by atoms with Gasteiger partial charge >= 0.3 is 0 Å². The number of nitrogens with one attached hydrogen (secondary N) is 1. The number of hydrogen-bond donors (Lipinski definition) is 3. The van der Waals surface area contributed by atoms with E-state index in [9.17, 15) is 4.79 Å². The molecule has 114 valence electrons. The van der Waals surface area contributed by atoms with E-state index in [1.165, 1.54) is 12.6 Å². The number of piperidine rings is 1. The molecule has 0 bridgehead atoms. The molecule has 0 spiro atoms. The van der Waals surface area contributed by atoms with Gasteiger partial charge in [-0.1, -0.05) is 5.16 Å². The topological polar surface area (TPSA) is 104 Å². The number of amides is 1. The highest BCUT2D eigenvalue weighted by Gasteiger charge is 2.18. The molecule has 2 rings (SSSR count). The maximum absolute atomic E-state index is 12.0. The van der Waals surface area contributed by atoms with E-state index in [1.54, 1.807) is 12.1 Å². The lowest BCUT2D eigenvalue weighted by Gasteiger charge is -2.29. The van der Waals surface area contributed by atoms with Crippen molar-refractivity contribution in [2.75, 3.05) is 26.7 Å². The Morgan fingerprint density at radius 1 is 1.62 bits per heavy atom. The van der Waals surface area contributed by atoms with Gasteiger partial charge in [0.15, 0.2) is 5.84 Å². The zero-order valence-corrected chi connectivity index (χ0v) is 12.1. The lowest BCUT2D eigenvalue weighted by Crippen LogP contribution is -2.39. The van der Waals surface area contributed by atoms with Crippen LogP contribution < -0.4 is 11.1 Å². The van der Waals surface area contributed by atoms with Crippen molar-refractivity contribution in [1.29, 1.82) is 0 Å². The van der Waals surface area contributed by atoms with Crippen LogP contribution >= 0.6 is 0 Å². The molecule has 0 aliphatic carbocycles. The summed E-state index contributed by atoms with van der Waals surface area (Å²) < 4.78 is 0. The van der Waals surface area contributed by atoms with Crippen molar-refractivity contribution in [2.45, 2.75) is 12.8 Å². The highest BCUT2D eigenvalue weighted by molar-refractivity contribution is 5.98.